The van der Waals surface area contributed by atoms with Crippen LogP contribution in [0.25, 0.3) is 27.8 Å². The van der Waals surface area contributed by atoms with E-state index in [1.807, 2.05) is 72.8 Å². The molecule has 30 heavy (non-hydrogen) atoms. The summed E-state index contributed by atoms with van der Waals surface area (Å²) in [7, 11) is 0. The molecule has 0 saturated carbocycles. The number of anilines is 1. The van der Waals surface area contributed by atoms with Gasteiger partial charge in [0.05, 0.1) is 11.4 Å². The van der Waals surface area contributed by atoms with E-state index in [-0.39, 0.29) is 11.4 Å². The monoisotopic (exact) mass is 395 g/mol. The number of hydrogen-bond donors (Lipinski definition) is 2. The Balaban J connectivity index is 1.57. The number of pyridine rings is 2. The first-order valence-corrected chi connectivity index (χ1v) is 9.35. The summed E-state index contributed by atoms with van der Waals surface area (Å²) in [5.74, 6) is 1.70. The van der Waals surface area contributed by atoms with Gasteiger partial charge in [-0.05, 0) is 48.5 Å². The van der Waals surface area contributed by atoms with E-state index in [0.717, 1.165) is 11.4 Å². The molecule has 3 aromatic heterocycles. The minimum absolute atomic E-state index is 0.265. The molecule has 0 aliphatic rings. The standard InChI is InChI=1S/C23H17N5O2/c24-22-20-21(18(14-26-23(20)29)19-8-4-5-13-25-19)27-28(22)15-9-11-17(12-10-15)30-16-6-2-1-3-7-16/h1-14H,24H2,(H,26,29). The molecule has 0 saturated heterocycles. The highest BCUT2D eigenvalue weighted by molar-refractivity contribution is 5.98. The second-order valence-electron chi connectivity index (χ2n) is 6.68. The summed E-state index contributed by atoms with van der Waals surface area (Å²) in [6, 6.07) is 22.5. The molecule has 5 rings (SSSR count). The molecule has 0 radical (unpaired) electrons. The summed E-state index contributed by atoms with van der Waals surface area (Å²) < 4.78 is 7.38. The zero-order valence-electron chi connectivity index (χ0n) is 15.8. The lowest BCUT2D eigenvalue weighted by atomic mass is 10.1. The second-order valence-corrected chi connectivity index (χ2v) is 6.68. The van der Waals surface area contributed by atoms with E-state index in [0.29, 0.717) is 27.9 Å². The average Bonchev–Trinajstić information content (AvgIpc) is 3.14. The zero-order valence-corrected chi connectivity index (χ0v) is 15.8. The number of nitrogens with one attached hydrogen (secondary N) is 1. The number of aromatic amines is 1. The van der Waals surface area contributed by atoms with Crippen molar-refractivity contribution in [2.45, 2.75) is 0 Å². The van der Waals surface area contributed by atoms with E-state index < -0.39 is 0 Å². The van der Waals surface area contributed by atoms with Gasteiger partial charge >= 0.3 is 0 Å². The van der Waals surface area contributed by atoms with Crippen LogP contribution >= 0.6 is 0 Å². The number of benzene rings is 2. The number of para-hydroxylation sites is 1. The summed E-state index contributed by atoms with van der Waals surface area (Å²) >= 11 is 0. The largest absolute Gasteiger partial charge is 0.457 e. The lowest BCUT2D eigenvalue weighted by Crippen LogP contribution is -2.08. The lowest BCUT2D eigenvalue weighted by Gasteiger charge is -2.07. The molecule has 7 nitrogen and oxygen atoms in total. The van der Waals surface area contributed by atoms with Crippen molar-refractivity contribution in [2.24, 2.45) is 0 Å². The Bertz CT molecular complexity index is 1370. The fraction of sp³-hybridized carbons (Fsp3) is 0. The van der Waals surface area contributed by atoms with Gasteiger partial charge in [0.25, 0.3) is 5.56 Å². The molecule has 0 unspecified atom stereocenters. The molecule has 5 aromatic rings. The predicted octanol–water partition coefficient (Wildman–Crippen LogP) is 4.15. The first kappa shape index (κ1) is 17.7. The fourth-order valence-corrected chi connectivity index (χ4v) is 3.32. The SMILES string of the molecule is Nc1c2c(=O)[nH]cc(-c3ccccn3)c2nn1-c1ccc(Oc2ccccc2)cc1. The number of aromatic nitrogens is 4. The highest BCUT2D eigenvalue weighted by atomic mass is 16.5. The van der Waals surface area contributed by atoms with Gasteiger partial charge in [-0.3, -0.25) is 9.78 Å². The lowest BCUT2D eigenvalue weighted by molar-refractivity contribution is 0.482. The molecule has 0 bridgehead atoms. The second kappa shape index (κ2) is 7.21. The van der Waals surface area contributed by atoms with E-state index in [4.69, 9.17) is 10.5 Å². The summed E-state index contributed by atoms with van der Waals surface area (Å²) in [6.07, 6.45) is 3.30. The van der Waals surface area contributed by atoms with Crippen molar-refractivity contribution in [2.75, 3.05) is 5.73 Å². The van der Waals surface area contributed by atoms with E-state index >= 15 is 0 Å². The Morgan fingerprint density at radius 1 is 0.900 bits per heavy atom. The summed E-state index contributed by atoms with van der Waals surface area (Å²) in [6.45, 7) is 0. The third kappa shape index (κ3) is 3.08. The fourth-order valence-electron chi connectivity index (χ4n) is 3.32. The van der Waals surface area contributed by atoms with Crippen LogP contribution in [-0.2, 0) is 0 Å². The van der Waals surface area contributed by atoms with Crippen molar-refractivity contribution >= 4 is 16.7 Å². The van der Waals surface area contributed by atoms with Gasteiger partial charge in [-0.1, -0.05) is 24.3 Å². The highest BCUT2D eigenvalue weighted by Gasteiger charge is 2.18. The van der Waals surface area contributed by atoms with Crippen LogP contribution in [0.2, 0.25) is 0 Å². The number of nitrogens with zero attached hydrogens (tertiary/aromatic N) is 3. The predicted molar refractivity (Wildman–Crippen MR) is 116 cm³/mol. The molecule has 7 heteroatoms. The maximum atomic E-state index is 12.5. The van der Waals surface area contributed by atoms with Gasteiger partial charge in [-0.15, -0.1) is 0 Å². The molecule has 0 spiro atoms. The molecular weight excluding hydrogens is 378 g/mol. The molecule has 0 atom stereocenters. The van der Waals surface area contributed by atoms with Gasteiger partial charge in [0.2, 0.25) is 0 Å². The van der Waals surface area contributed by atoms with E-state index in [2.05, 4.69) is 15.1 Å². The molecule has 0 fully saturated rings. The topological polar surface area (TPSA) is 98.8 Å². The zero-order chi connectivity index (χ0) is 20.5. The van der Waals surface area contributed by atoms with Gasteiger partial charge in [0.15, 0.2) is 0 Å². The molecule has 3 N–H and O–H groups in total. The smallest absolute Gasteiger partial charge is 0.261 e. The van der Waals surface area contributed by atoms with Gasteiger partial charge in [-0.25, -0.2) is 4.68 Å². The van der Waals surface area contributed by atoms with Gasteiger partial charge < -0.3 is 15.5 Å². The third-order valence-electron chi connectivity index (χ3n) is 4.75. The third-order valence-corrected chi connectivity index (χ3v) is 4.75. The molecule has 3 heterocycles. The van der Waals surface area contributed by atoms with E-state index in [1.54, 1.807) is 17.1 Å². The van der Waals surface area contributed by atoms with Gasteiger partial charge in [0.1, 0.15) is 28.2 Å². The van der Waals surface area contributed by atoms with Gasteiger partial charge in [-0.2, -0.15) is 5.10 Å². The Hall–Kier alpha value is -4.39. The first-order valence-electron chi connectivity index (χ1n) is 9.35. The number of fused-ring (bicyclic) bond motifs is 1. The van der Waals surface area contributed by atoms with E-state index in [9.17, 15) is 4.79 Å². The van der Waals surface area contributed by atoms with Crippen LogP contribution < -0.4 is 16.0 Å². The number of rotatable bonds is 4. The van der Waals surface area contributed by atoms with Crippen LogP contribution in [0.3, 0.4) is 0 Å². The van der Waals surface area contributed by atoms with Crippen molar-refractivity contribution in [1.29, 1.82) is 0 Å². The molecular formula is C23H17N5O2. The molecule has 146 valence electrons. The van der Waals surface area contributed by atoms with Crippen LogP contribution in [0.4, 0.5) is 5.82 Å². The maximum Gasteiger partial charge on any atom is 0.261 e. The van der Waals surface area contributed by atoms with Crippen molar-refractivity contribution in [3.05, 3.63) is 95.5 Å². The van der Waals surface area contributed by atoms with Crippen LogP contribution in [0.5, 0.6) is 11.5 Å². The average molecular weight is 395 g/mol. The molecule has 0 amide bonds. The Kier molecular flexibility index (Phi) is 4.25. The Labute approximate surface area is 171 Å². The highest BCUT2D eigenvalue weighted by Crippen LogP contribution is 2.29. The number of hydrogen-bond acceptors (Lipinski definition) is 5. The van der Waals surface area contributed by atoms with E-state index in [1.165, 1.54) is 0 Å². The first-order chi connectivity index (χ1) is 14.7. The van der Waals surface area contributed by atoms with Crippen LogP contribution in [0, 0.1) is 0 Å². The minimum Gasteiger partial charge on any atom is -0.457 e. The number of nitrogen functional groups attached to an aromatic ring is 1. The Morgan fingerprint density at radius 3 is 2.37 bits per heavy atom. The quantitative estimate of drug-likeness (QED) is 0.476. The van der Waals surface area contributed by atoms with Crippen molar-refractivity contribution in [3.63, 3.8) is 0 Å². The number of H-pyrrole nitrogens is 1. The van der Waals surface area contributed by atoms with Gasteiger partial charge in [0, 0.05) is 18.0 Å². The van der Waals surface area contributed by atoms with Crippen LogP contribution in [0.1, 0.15) is 0 Å². The van der Waals surface area contributed by atoms with Crippen LogP contribution in [0.15, 0.2) is 90.0 Å². The minimum atomic E-state index is -0.294. The van der Waals surface area contributed by atoms with Crippen LogP contribution in [-0.4, -0.2) is 19.7 Å². The normalized spacial score (nSPS) is 10.9. The van der Waals surface area contributed by atoms with Crippen molar-refractivity contribution < 1.29 is 4.74 Å². The summed E-state index contributed by atoms with van der Waals surface area (Å²) in [5.41, 5.74) is 8.64. The summed E-state index contributed by atoms with van der Waals surface area (Å²) in [4.78, 5) is 19.6. The number of ether oxygens (including phenoxy) is 1. The van der Waals surface area contributed by atoms with Crippen molar-refractivity contribution in [1.82, 2.24) is 19.7 Å². The molecule has 0 aliphatic heterocycles. The number of nitrogens with two attached hydrogens (primary N) is 1. The van der Waals surface area contributed by atoms with Crippen molar-refractivity contribution in [3.8, 4) is 28.4 Å². The Morgan fingerprint density at radius 2 is 1.63 bits per heavy atom. The summed E-state index contributed by atoms with van der Waals surface area (Å²) in [5, 5.41) is 4.96. The molecule has 2 aromatic carbocycles. The molecule has 0 aliphatic carbocycles. The maximum absolute atomic E-state index is 12.5.